The fourth-order valence-electron chi connectivity index (χ4n) is 5.02. The fourth-order valence-corrected chi connectivity index (χ4v) is 5.02. The largest absolute Gasteiger partial charge is 0.459 e. The monoisotopic (exact) mass is 652 g/mol. The summed E-state index contributed by atoms with van der Waals surface area (Å²) in [7, 11) is 0. The van der Waals surface area contributed by atoms with Gasteiger partial charge in [0.2, 0.25) is 6.29 Å². The molecule has 1 aliphatic rings. The molecule has 4 aromatic rings. The van der Waals surface area contributed by atoms with E-state index >= 15 is 0 Å². The lowest BCUT2D eigenvalue weighted by molar-refractivity contribution is -0.291. The average Bonchev–Trinajstić information content (AvgIpc) is 3.14. The van der Waals surface area contributed by atoms with Crippen molar-refractivity contribution in [3.05, 3.63) is 144 Å². The number of carbonyl (C=O) groups excluding carboxylic acids is 4. The van der Waals surface area contributed by atoms with Crippen LogP contribution in [-0.2, 0) is 28.4 Å². The highest BCUT2D eigenvalue weighted by Crippen LogP contribution is 2.32. The highest BCUT2D eigenvalue weighted by Gasteiger charge is 2.53. The fraction of sp³-hybridized carbons (Fsp3) is 0.263. The molecule has 1 fully saturated rings. The summed E-state index contributed by atoms with van der Waals surface area (Å²) in [5.41, 5.74) is 1.00. The summed E-state index contributed by atoms with van der Waals surface area (Å²) in [5, 5.41) is 0. The van der Waals surface area contributed by atoms with Crippen LogP contribution in [0.4, 0.5) is 0 Å². The molecule has 5 atom stereocenters. The molecule has 2 unspecified atom stereocenters. The minimum Gasteiger partial charge on any atom is -0.459 e. The molecule has 10 nitrogen and oxygen atoms in total. The molecule has 0 saturated carbocycles. The maximum Gasteiger partial charge on any atom is 0.340 e. The Balaban J connectivity index is 1.51. The quantitative estimate of drug-likeness (QED) is 0.0956. The van der Waals surface area contributed by atoms with Gasteiger partial charge in [-0.25, -0.2) is 19.2 Å². The Morgan fingerprint density at radius 1 is 0.542 bits per heavy atom. The summed E-state index contributed by atoms with van der Waals surface area (Å²) in [5.74, 6) is -2.85. The first-order valence-corrected chi connectivity index (χ1v) is 15.7. The van der Waals surface area contributed by atoms with E-state index < -0.39 is 61.2 Å². The number of hydrogen-bond acceptors (Lipinski definition) is 10. The molecule has 48 heavy (non-hydrogen) atoms. The lowest BCUT2D eigenvalue weighted by Gasteiger charge is -2.44. The lowest BCUT2D eigenvalue weighted by atomic mass is 9.97. The van der Waals surface area contributed by atoms with Gasteiger partial charge in [-0.1, -0.05) is 86.1 Å². The first kappa shape index (κ1) is 34.0. The van der Waals surface area contributed by atoms with Crippen LogP contribution in [0.5, 0.6) is 0 Å². The van der Waals surface area contributed by atoms with Crippen LogP contribution in [0.1, 0.15) is 61.2 Å². The Morgan fingerprint density at radius 2 is 0.958 bits per heavy atom. The van der Waals surface area contributed by atoms with E-state index in [1.165, 1.54) is 0 Å². The Hall–Kier alpha value is -5.32. The molecule has 1 heterocycles. The predicted molar refractivity (Wildman–Crippen MR) is 173 cm³/mol. The Labute approximate surface area is 278 Å². The lowest BCUT2D eigenvalue weighted by Crippen LogP contribution is -2.63. The van der Waals surface area contributed by atoms with Crippen LogP contribution >= 0.6 is 0 Å². The molecule has 0 bridgehead atoms. The van der Waals surface area contributed by atoms with Crippen molar-refractivity contribution in [3.63, 3.8) is 0 Å². The van der Waals surface area contributed by atoms with Gasteiger partial charge in [0.25, 0.3) is 0 Å². The highest BCUT2D eigenvalue weighted by molar-refractivity contribution is 5.91. The molecule has 0 radical (unpaired) electrons. The van der Waals surface area contributed by atoms with Gasteiger partial charge in [0.15, 0.2) is 12.2 Å². The average molecular weight is 653 g/mol. The maximum atomic E-state index is 13.5. The first-order valence-electron chi connectivity index (χ1n) is 15.7. The number of esters is 4. The van der Waals surface area contributed by atoms with Gasteiger partial charge < -0.3 is 28.4 Å². The molecule has 1 saturated heterocycles. The molecule has 1 aliphatic heterocycles. The van der Waals surface area contributed by atoms with Crippen LogP contribution in [-0.4, -0.2) is 67.8 Å². The highest BCUT2D eigenvalue weighted by atomic mass is 16.7. The molecule has 0 aromatic heterocycles. The summed E-state index contributed by atoms with van der Waals surface area (Å²) >= 11 is 0. The van der Waals surface area contributed by atoms with Crippen molar-refractivity contribution < 1.29 is 47.6 Å². The van der Waals surface area contributed by atoms with Crippen LogP contribution in [0.25, 0.3) is 0 Å². The van der Waals surface area contributed by atoms with Gasteiger partial charge >= 0.3 is 23.9 Å². The molecule has 0 amide bonds. The van der Waals surface area contributed by atoms with E-state index in [0.29, 0.717) is 12.0 Å². The summed E-state index contributed by atoms with van der Waals surface area (Å²) in [6, 6.07) is 33.1. The topological polar surface area (TPSA) is 124 Å². The Kier molecular flexibility index (Phi) is 12.1. The number of benzene rings is 4. The van der Waals surface area contributed by atoms with Crippen LogP contribution in [0, 0.1) is 0 Å². The molecule has 0 spiro atoms. The number of ether oxygens (including phenoxy) is 6. The number of rotatable bonds is 13. The van der Waals surface area contributed by atoms with Crippen molar-refractivity contribution in [1.82, 2.24) is 0 Å². The van der Waals surface area contributed by atoms with E-state index in [-0.39, 0.29) is 23.3 Å². The third kappa shape index (κ3) is 8.93. The van der Waals surface area contributed by atoms with E-state index in [9.17, 15) is 19.2 Å². The van der Waals surface area contributed by atoms with Gasteiger partial charge in [0.1, 0.15) is 18.8 Å². The minimum atomic E-state index is -1.54. The van der Waals surface area contributed by atoms with E-state index in [1.54, 1.807) is 121 Å². The van der Waals surface area contributed by atoms with Crippen LogP contribution in [0.2, 0.25) is 0 Å². The molecular formula is C38H36O10. The van der Waals surface area contributed by atoms with Crippen molar-refractivity contribution >= 4 is 23.9 Å². The number of hydrogen-bond donors (Lipinski definition) is 0. The van der Waals surface area contributed by atoms with Gasteiger partial charge in [-0.3, -0.25) is 0 Å². The zero-order chi connectivity index (χ0) is 33.7. The van der Waals surface area contributed by atoms with Crippen LogP contribution in [0.15, 0.2) is 121 Å². The first-order chi connectivity index (χ1) is 23.4. The number of unbranched alkanes of at least 4 members (excludes halogenated alkanes) is 1. The summed E-state index contributed by atoms with van der Waals surface area (Å²) < 4.78 is 36.0. The minimum absolute atomic E-state index is 0.190. The second kappa shape index (κ2) is 17.0. The normalized spacial score (nSPS) is 20.2. The zero-order valence-corrected chi connectivity index (χ0v) is 26.3. The van der Waals surface area contributed by atoms with Crippen molar-refractivity contribution in [2.45, 2.75) is 50.5 Å². The summed E-state index contributed by atoms with van der Waals surface area (Å²) in [4.78, 5) is 53.2. The third-order valence-electron chi connectivity index (χ3n) is 7.53. The molecule has 0 aliphatic carbocycles. The Bertz CT molecular complexity index is 1630. The van der Waals surface area contributed by atoms with E-state index in [2.05, 4.69) is 0 Å². The molecule has 248 valence electrons. The molecule has 10 heteroatoms. The zero-order valence-electron chi connectivity index (χ0n) is 26.3. The second-order valence-electron chi connectivity index (χ2n) is 10.9. The van der Waals surface area contributed by atoms with E-state index in [0.717, 1.165) is 6.42 Å². The third-order valence-corrected chi connectivity index (χ3v) is 7.53. The molecule has 5 rings (SSSR count). The smallest absolute Gasteiger partial charge is 0.340 e. The second-order valence-corrected chi connectivity index (χ2v) is 10.9. The SMILES string of the molecule is CCCCOC1[C@H](OC(=O)c2ccccc2)C(COC(=O)c2ccccc2)O[C@@H](OC(=O)c2ccccc2)[C@H]1OC(=O)c1ccccc1. The predicted octanol–water partition coefficient (Wildman–Crippen LogP) is 6.06. The van der Waals surface area contributed by atoms with E-state index in [4.69, 9.17) is 28.4 Å². The van der Waals surface area contributed by atoms with E-state index in [1.807, 2.05) is 6.92 Å². The molecule has 0 N–H and O–H groups in total. The summed E-state index contributed by atoms with van der Waals surface area (Å²) in [6.07, 6.45) is -5.19. The van der Waals surface area contributed by atoms with Gasteiger partial charge in [-0.15, -0.1) is 0 Å². The van der Waals surface area contributed by atoms with Crippen molar-refractivity contribution in [2.75, 3.05) is 13.2 Å². The van der Waals surface area contributed by atoms with Crippen LogP contribution in [0.3, 0.4) is 0 Å². The summed E-state index contributed by atoms with van der Waals surface area (Å²) in [6.45, 7) is 1.76. The molecule has 4 aromatic carbocycles. The Morgan fingerprint density at radius 3 is 1.42 bits per heavy atom. The van der Waals surface area contributed by atoms with Crippen molar-refractivity contribution in [2.24, 2.45) is 0 Å². The van der Waals surface area contributed by atoms with Crippen molar-refractivity contribution in [3.8, 4) is 0 Å². The van der Waals surface area contributed by atoms with Crippen molar-refractivity contribution in [1.29, 1.82) is 0 Å². The number of carbonyl (C=O) groups is 4. The van der Waals surface area contributed by atoms with Gasteiger partial charge in [0.05, 0.1) is 22.3 Å². The van der Waals surface area contributed by atoms with Gasteiger partial charge in [0, 0.05) is 6.61 Å². The van der Waals surface area contributed by atoms with Gasteiger partial charge in [-0.2, -0.15) is 0 Å². The maximum absolute atomic E-state index is 13.5. The van der Waals surface area contributed by atoms with Gasteiger partial charge in [-0.05, 0) is 55.0 Å². The molecular weight excluding hydrogens is 616 g/mol. The van der Waals surface area contributed by atoms with Crippen LogP contribution < -0.4 is 0 Å². The standard InChI is InChI=1S/C38H36O10/c1-2-3-24-43-32-31(46-35(40)27-18-10-5-11-19-27)30(25-44-34(39)26-16-8-4-9-17-26)45-38(48-37(42)29-22-14-7-15-23-29)33(32)47-36(41)28-20-12-6-13-21-28/h4-23,30-33,38H,2-3,24-25H2,1H3/t30?,31-,32?,33+,38+/m1/s1.